The summed E-state index contributed by atoms with van der Waals surface area (Å²) >= 11 is 8.94. The SMILES string of the molecule is O=C(O)[C@H](CF)Oc1ccc(Br)cc1Cl. The number of benzene rings is 1. The van der Waals surface area contributed by atoms with Gasteiger partial charge in [-0.1, -0.05) is 27.5 Å². The molecule has 0 bridgehead atoms. The van der Waals surface area contributed by atoms with E-state index in [1.807, 2.05) is 0 Å². The van der Waals surface area contributed by atoms with E-state index in [9.17, 15) is 9.18 Å². The molecular formula is C9H7BrClFO3. The molecule has 3 nitrogen and oxygen atoms in total. The molecule has 15 heavy (non-hydrogen) atoms. The topological polar surface area (TPSA) is 46.5 Å². The maximum atomic E-state index is 12.2. The van der Waals surface area contributed by atoms with Gasteiger partial charge in [0.1, 0.15) is 12.4 Å². The van der Waals surface area contributed by atoms with Crippen LogP contribution in [-0.2, 0) is 4.79 Å². The van der Waals surface area contributed by atoms with Crippen molar-refractivity contribution in [3.8, 4) is 5.75 Å². The number of rotatable bonds is 4. The van der Waals surface area contributed by atoms with Crippen molar-refractivity contribution in [2.45, 2.75) is 6.10 Å². The normalized spacial score (nSPS) is 12.2. The van der Waals surface area contributed by atoms with Crippen molar-refractivity contribution in [1.29, 1.82) is 0 Å². The lowest BCUT2D eigenvalue weighted by molar-refractivity contribution is -0.145. The van der Waals surface area contributed by atoms with Gasteiger partial charge in [0.2, 0.25) is 6.10 Å². The van der Waals surface area contributed by atoms with Crippen molar-refractivity contribution >= 4 is 33.5 Å². The van der Waals surface area contributed by atoms with Gasteiger partial charge in [0.15, 0.2) is 0 Å². The molecule has 0 aliphatic heterocycles. The highest BCUT2D eigenvalue weighted by atomic mass is 79.9. The highest BCUT2D eigenvalue weighted by Crippen LogP contribution is 2.28. The van der Waals surface area contributed by atoms with Crippen LogP contribution in [0.25, 0.3) is 0 Å². The van der Waals surface area contributed by atoms with Crippen molar-refractivity contribution < 1.29 is 19.0 Å². The number of halogens is 3. The van der Waals surface area contributed by atoms with E-state index in [1.165, 1.54) is 12.1 Å². The Morgan fingerprint density at radius 1 is 1.67 bits per heavy atom. The second-order valence-corrected chi connectivity index (χ2v) is 4.00. The number of ether oxygens (including phenoxy) is 1. The fourth-order valence-corrected chi connectivity index (χ4v) is 1.59. The fourth-order valence-electron chi connectivity index (χ4n) is 0.872. The van der Waals surface area contributed by atoms with Gasteiger partial charge in [0.05, 0.1) is 5.02 Å². The van der Waals surface area contributed by atoms with E-state index in [1.54, 1.807) is 6.07 Å². The molecule has 0 spiro atoms. The summed E-state index contributed by atoms with van der Waals surface area (Å²) in [6, 6.07) is 4.63. The molecule has 82 valence electrons. The molecule has 1 aromatic rings. The van der Waals surface area contributed by atoms with Crippen LogP contribution < -0.4 is 4.74 Å². The Morgan fingerprint density at radius 2 is 2.33 bits per heavy atom. The maximum absolute atomic E-state index is 12.2. The van der Waals surface area contributed by atoms with Crippen LogP contribution in [0.2, 0.25) is 5.02 Å². The summed E-state index contributed by atoms with van der Waals surface area (Å²) in [5, 5.41) is 8.79. The molecule has 0 aromatic heterocycles. The highest BCUT2D eigenvalue weighted by molar-refractivity contribution is 9.10. The molecule has 0 aliphatic rings. The van der Waals surface area contributed by atoms with Crippen molar-refractivity contribution in [1.82, 2.24) is 0 Å². The lowest BCUT2D eigenvalue weighted by atomic mass is 10.3. The van der Waals surface area contributed by atoms with Gasteiger partial charge >= 0.3 is 5.97 Å². The quantitative estimate of drug-likeness (QED) is 0.929. The molecule has 0 amide bonds. The van der Waals surface area contributed by atoms with Crippen molar-refractivity contribution in [2.75, 3.05) is 6.67 Å². The highest BCUT2D eigenvalue weighted by Gasteiger charge is 2.20. The minimum atomic E-state index is -1.52. The Morgan fingerprint density at radius 3 is 2.80 bits per heavy atom. The number of alkyl halides is 1. The van der Waals surface area contributed by atoms with Crippen LogP contribution >= 0.6 is 27.5 Å². The monoisotopic (exact) mass is 296 g/mol. The molecule has 1 rings (SSSR count). The summed E-state index contributed by atoms with van der Waals surface area (Å²) in [5.41, 5.74) is 0. The van der Waals surface area contributed by atoms with E-state index in [0.717, 1.165) is 4.47 Å². The number of hydrogen-bond donors (Lipinski definition) is 1. The molecule has 1 N–H and O–H groups in total. The first-order valence-electron chi connectivity index (χ1n) is 3.95. The Balaban J connectivity index is 2.84. The van der Waals surface area contributed by atoms with Crippen LogP contribution in [0.3, 0.4) is 0 Å². The third-order valence-corrected chi connectivity index (χ3v) is 2.37. The van der Waals surface area contributed by atoms with Gasteiger partial charge in [-0.05, 0) is 18.2 Å². The lowest BCUT2D eigenvalue weighted by Crippen LogP contribution is -2.29. The van der Waals surface area contributed by atoms with Gasteiger partial charge in [-0.3, -0.25) is 0 Å². The van der Waals surface area contributed by atoms with Crippen molar-refractivity contribution in [2.24, 2.45) is 0 Å². The van der Waals surface area contributed by atoms with Crippen LogP contribution in [0.1, 0.15) is 0 Å². The van der Waals surface area contributed by atoms with E-state index in [4.69, 9.17) is 21.4 Å². The molecule has 0 heterocycles. The van der Waals surface area contributed by atoms with E-state index < -0.39 is 18.7 Å². The van der Waals surface area contributed by atoms with Gasteiger partial charge in [0.25, 0.3) is 0 Å². The molecule has 0 saturated carbocycles. The molecule has 1 aromatic carbocycles. The van der Waals surface area contributed by atoms with Gasteiger partial charge in [-0.25, -0.2) is 9.18 Å². The molecule has 1 atom stereocenters. The smallest absolute Gasteiger partial charge is 0.347 e. The van der Waals surface area contributed by atoms with E-state index in [-0.39, 0.29) is 10.8 Å². The minimum Gasteiger partial charge on any atom is -0.478 e. The van der Waals surface area contributed by atoms with Crippen LogP contribution in [0.5, 0.6) is 5.75 Å². The molecule has 0 aliphatic carbocycles. The molecule has 0 radical (unpaired) electrons. The Kier molecular flexibility index (Phi) is 4.35. The molecular weight excluding hydrogens is 290 g/mol. The predicted octanol–water partition coefficient (Wildman–Crippen LogP) is 2.90. The van der Waals surface area contributed by atoms with E-state index in [2.05, 4.69) is 15.9 Å². The molecule has 6 heteroatoms. The average molecular weight is 298 g/mol. The Bertz CT molecular complexity index is 372. The summed E-state index contributed by atoms with van der Waals surface area (Å²) in [5.74, 6) is -1.22. The Hall–Kier alpha value is -0.810. The standard InChI is InChI=1S/C9H7BrClFO3/c10-5-1-2-7(6(11)3-5)15-8(4-12)9(13)14/h1-3,8H,4H2,(H,13,14)/t8-/m0/s1. The number of carboxylic acids is 1. The first-order chi connectivity index (χ1) is 7.04. The summed E-state index contributed by atoms with van der Waals surface area (Å²) in [6.45, 7) is -1.11. The summed E-state index contributed by atoms with van der Waals surface area (Å²) in [6.07, 6.45) is -1.52. The van der Waals surface area contributed by atoms with Crippen molar-refractivity contribution in [3.05, 3.63) is 27.7 Å². The van der Waals surface area contributed by atoms with Gasteiger partial charge in [-0.15, -0.1) is 0 Å². The number of carbonyl (C=O) groups is 1. The first kappa shape index (κ1) is 12.3. The van der Waals surface area contributed by atoms with Gasteiger partial charge in [-0.2, -0.15) is 0 Å². The molecule has 0 saturated heterocycles. The van der Waals surface area contributed by atoms with E-state index >= 15 is 0 Å². The summed E-state index contributed by atoms with van der Waals surface area (Å²) < 4.78 is 17.9. The lowest BCUT2D eigenvalue weighted by Gasteiger charge is -2.12. The van der Waals surface area contributed by atoms with Crippen LogP contribution in [-0.4, -0.2) is 23.9 Å². The summed E-state index contributed by atoms with van der Waals surface area (Å²) in [7, 11) is 0. The molecule has 0 fully saturated rings. The third kappa shape index (κ3) is 3.35. The number of aliphatic carboxylic acids is 1. The van der Waals surface area contributed by atoms with Crippen molar-refractivity contribution in [3.63, 3.8) is 0 Å². The Labute approximate surface area is 98.9 Å². The second-order valence-electron chi connectivity index (χ2n) is 2.67. The average Bonchev–Trinajstić information content (AvgIpc) is 2.16. The zero-order chi connectivity index (χ0) is 11.4. The second kappa shape index (κ2) is 5.32. The largest absolute Gasteiger partial charge is 0.478 e. The summed E-state index contributed by atoms with van der Waals surface area (Å²) in [4.78, 5) is 10.5. The number of carboxylic acid groups (broad SMARTS) is 1. The first-order valence-corrected chi connectivity index (χ1v) is 5.12. The minimum absolute atomic E-state index is 0.143. The predicted molar refractivity (Wildman–Crippen MR) is 57.2 cm³/mol. The van der Waals surface area contributed by atoms with Crippen LogP contribution in [0.4, 0.5) is 4.39 Å². The zero-order valence-corrected chi connectivity index (χ0v) is 9.76. The van der Waals surface area contributed by atoms with E-state index in [0.29, 0.717) is 0 Å². The fraction of sp³-hybridized carbons (Fsp3) is 0.222. The third-order valence-electron chi connectivity index (χ3n) is 1.58. The maximum Gasteiger partial charge on any atom is 0.347 e. The molecule has 0 unspecified atom stereocenters. The zero-order valence-electron chi connectivity index (χ0n) is 7.41. The number of hydrogen-bond acceptors (Lipinski definition) is 2. The van der Waals surface area contributed by atoms with Crippen LogP contribution in [0, 0.1) is 0 Å². The van der Waals surface area contributed by atoms with Gasteiger partial charge in [0, 0.05) is 4.47 Å². The van der Waals surface area contributed by atoms with Crippen LogP contribution in [0.15, 0.2) is 22.7 Å². The van der Waals surface area contributed by atoms with Gasteiger partial charge < -0.3 is 9.84 Å².